The third-order valence-corrected chi connectivity index (χ3v) is 5.66. The topological polar surface area (TPSA) is 72.1 Å². The van der Waals surface area contributed by atoms with Crippen molar-refractivity contribution in [2.24, 2.45) is 0 Å². The molecule has 4 heterocycles. The zero-order chi connectivity index (χ0) is 17.6. The van der Waals surface area contributed by atoms with Gasteiger partial charge in [0, 0.05) is 18.8 Å². The van der Waals surface area contributed by atoms with Gasteiger partial charge >= 0.3 is 6.18 Å². The van der Waals surface area contributed by atoms with Gasteiger partial charge in [0.05, 0.1) is 0 Å². The molecule has 25 heavy (non-hydrogen) atoms. The first-order valence-electron chi connectivity index (χ1n) is 7.48. The molecule has 4 rings (SSSR count). The van der Waals surface area contributed by atoms with Crippen LogP contribution < -0.4 is 4.90 Å². The summed E-state index contributed by atoms with van der Waals surface area (Å²) in [7, 11) is 0. The van der Waals surface area contributed by atoms with E-state index in [0.29, 0.717) is 15.1 Å². The second-order valence-corrected chi connectivity index (χ2v) is 7.75. The van der Waals surface area contributed by atoms with Crippen LogP contribution in [-0.4, -0.2) is 42.9 Å². The summed E-state index contributed by atoms with van der Waals surface area (Å²) in [5.41, 5.74) is 0.556. The predicted molar refractivity (Wildman–Crippen MR) is 86.0 cm³/mol. The Balaban J connectivity index is 1.67. The minimum Gasteiger partial charge on any atom is -0.347 e. The first kappa shape index (κ1) is 16.5. The Bertz CT molecular complexity index is 914. The van der Waals surface area contributed by atoms with Crippen molar-refractivity contribution in [1.29, 1.82) is 0 Å². The zero-order valence-corrected chi connectivity index (χ0v) is 14.6. The number of halogens is 3. The monoisotopic (exact) mass is 387 g/mol. The van der Waals surface area contributed by atoms with Crippen LogP contribution in [0.15, 0.2) is 15.4 Å². The van der Waals surface area contributed by atoms with Crippen molar-refractivity contribution in [3.8, 4) is 0 Å². The maximum atomic E-state index is 12.9. The molecule has 0 atom stereocenters. The number of alkyl halides is 3. The molecular formula is C13H12F3N7S2. The largest absolute Gasteiger partial charge is 0.453 e. The van der Waals surface area contributed by atoms with Crippen molar-refractivity contribution in [1.82, 2.24) is 29.8 Å². The molecule has 0 aromatic carbocycles. The molecule has 0 bridgehead atoms. The highest BCUT2D eigenvalue weighted by atomic mass is 32.2. The van der Waals surface area contributed by atoms with Crippen molar-refractivity contribution in [2.45, 2.75) is 35.3 Å². The third-order valence-electron chi connectivity index (χ3n) is 3.63. The van der Waals surface area contributed by atoms with E-state index in [-0.39, 0.29) is 5.78 Å². The van der Waals surface area contributed by atoms with Gasteiger partial charge in [0.25, 0.3) is 11.6 Å². The number of hydrogen-bond donors (Lipinski definition) is 0. The van der Waals surface area contributed by atoms with E-state index >= 15 is 0 Å². The SMILES string of the molecule is Cc1cc(Sc2nnc(N3CCCC3)s2)n2nc(C(F)(F)F)nc2n1. The molecule has 0 amide bonds. The molecule has 0 saturated carbocycles. The molecule has 3 aromatic rings. The highest BCUT2D eigenvalue weighted by Crippen LogP contribution is 2.35. The number of aromatic nitrogens is 6. The van der Waals surface area contributed by atoms with Gasteiger partial charge in [-0.1, -0.05) is 11.3 Å². The van der Waals surface area contributed by atoms with Gasteiger partial charge in [-0.15, -0.1) is 15.3 Å². The van der Waals surface area contributed by atoms with Crippen LogP contribution in [0.3, 0.4) is 0 Å². The normalized spacial score (nSPS) is 15.4. The lowest BCUT2D eigenvalue weighted by Crippen LogP contribution is -2.17. The van der Waals surface area contributed by atoms with Gasteiger partial charge in [0.15, 0.2) is 4.34 Å². The average molecular weight is 387 g/mol. The Hall–Kier alpha value is -1.95. The average Bonchev–Trinajstić information content (AvgIpc) is 3.25. The molecule has 0 radical (unpaired) electrons. The Labute approximate surface area is 148 Å². The van der Waals surface area contributed by atoms with Crippen LogP contribution in [0.5, 0.6) is 0 Å². The molecule has 1 fully saturated rings. The summed E-state index contributed by atoms with van der Waals surface area (Å²) in [5, 5.41) is 13.2. The summed E-state index contributed by atoms with van der Waals surface area (Å²) in [6.45, 7) is 3.60. The fourth-order valence-corrected chi connectivity index (χ4v) is 4.49. The standard InChI is InChI=1S/C13H12F3N7S2/c1-7-6-8(23-10(17-7)18-9(21-23)13(14,15)16)24-12-20-19-11(25-12)22-4-2-3-5-22/h6H,2-5H2,1H3. The maximum Gasteiger partial charge on any atom is 0.453 e. The van der Waals surface area contributed by atoms with E-state index in [1.807, 2.05) is 0 Å². The molecule has 12 heteroatoms. The highest BCUT2D eigenvalue weighted by Gasteiger charge is 2.37. The number of anilines is 1. The molecule has 0 aliphatic carbocycles. The van der Waals surface area contributed by atoms with Gasteiger partial charge < -0.3 is 4.90 Å². The molecular weight excluding hydrogens is 375 g/mol. The first-order valence-corrected chi connectivity index (χ1v) is 9.11. The van der Waals surface area contributed by atoms with Crippen molar-refractivity contribution in [2.75, 3.05) is 18.0 Å². The third kappa shape index (κ3) is 3.27. The van der Waals surface area contributed by atoms with E-state index in [1.165, 1.54) is 23.1 Å². The van der Waals surface area contributed by atoms with Crippen LogP contribution in [-0.2, 0) is 6.18 Å². The quantitative estimate of drug-likeness (QED) is 0.640. The zero-order valence-electron chi connectivity index (χ0n) is 13.0. The van der Waals surface area contributed by atoms with Crippen LogP contribution in [0.25, 0.3) is 5.78 Å². The van der Waals surface area contributed by atoms with E-state index in [0.717, 1.165) is 35.6 Å². The summed E-state index contributed by atoms with van der Waals surface area (Å²) in [6, 6.07) is 1.66. The minimum absolute atomic E-state index is 0.0842. The summed E-state index contributed by atoms with van der Waals surface area (Å²) in [6.07, 6.45) is -2.36. The smallest absolute Gasteiger partial charge is 0.347 e. The Morgan fingerprint density at radius 2 is 1.92 bits per heavy atom. The van der Waals surface area contributed by atoms with Gasteiger partial charge in [-0.05, 0) is 37.6 Å². The van der Waals surface area contributed by atoms with Crippen LogP contribution in [0.1, 0.15) is 24.4 Å². The Morgan fingerprint density at radius 3 is 2.64 bits per heavy atom. The second-order valence-electron chi connectivity index (χ2n) is 5.53. The van der Waals surface area contributed by atoms with Gasteiger partial charge in [-0.3, -0.25) is 0 Å². The van der Waals surface area contributed by atoms with Crippen LogP contribution in [0, 0.1) is 6.92 Å². The molecule has 132 valence electrons. The molecule has 0 spiro atoms. The van der Waals surface area contributed by atoms with Crippen molar-refractivity contribution in [3.63, 3.8) is 0 Å². The molecule has 0 N–H and O–H groups in total. The fourth-order valence-electron chi connectivity index (χ4n) is 2.52. The molecule has 7 nitrogen and oxygen atoms in total. The van der Waals surface area contributed by atoms with E-state index in [9.17, 15) is 13.2 Å². The van der Waals surface area contributed by atoms with E-state index in [4.69, 9.17) is 0 Å². The number of nitrogens with zero attached hydrogens (tertiary/aromatic N) is 7. The number of fused-ring (bicyclic) bond motifs is 1. The van der Waals surface area contributed by atoms with Gasteiger partial charge in [-0.2, -0.15) is 22.7 Å². The van der Waals surface area contributed by atoms with Crippen molar-refractivity contribution < 1.29 is 13.2 Å². The fraction of sp³-hybridized carbons (Fsp3) is 0.462. The lowest BCUT2D eigenvalue weighted by molar-refractivity contribution is -0.144. The van der Waals surface area contributed by atoms with Gasteiger partial charge in [-0.25, -0.2) is 4.98 Å². The maximum absolute atomic E-state index is 12.9. The van der Waals surface area contributed by atoms with E-state index in [1.54, 1.807) is 13.0 Å². The molecule has 1 aliphatic heterocycles. The van der Waals surface area contributed by atoms with Crippen molar-refractivity contribution in [3.05, 3.63) is 17.6 Å². The first-order chi connectivity index (χ1) is 11.9. The number of rotatable bonds is 3. The lowest BCUT2D eigenvalue weighted by Gasteiger charge is -2.10. The number of aryl methyl sites for hydroxylation is 1. The predicted octanol–water partition coefficient (Wildman–Crippen LogP) is 3.05. The summed E-state index contributed by atoms with van der Waals surface area (Å²) in [4.78, 5) is 9.65. The summed E-state index contributed by atoms with van der Waals surface area (Å²) < 4.78 is 40.3. The van der Waals surface area contributed by atoms with Crippen LogP contribution in [0.4, 0.5) is 18.3 Å². The lowest BCUT2D eigenvalue weighted by atomic mass is 10.4. The van der Waals surface area contributed by atoms with Crippen LogP contribution >= 0.6 is 23.1 Å². The Morgan fingerprint density at radius 1 is 1.16 bits per heavy atom. The number of hydrogen-bond acceptors (Lipinski definition) is 8. The van der Waals surface area contributed by atoms with E-state index < -0.39 is 12.0 Å². The van der Waals surface area contributed by atoms with Crippen molar-refractivity contribution >= 4 is 34.0 Å². The molecule has 1 saturated heterocycles. The summed E-state index contributed by atoms with van der Waals surface area (Å²) >= 11 is 2.62. The highest BCUT2D eigenvalue weighted by molar-refractivity contribution is 8.01. The minimum atomic E-state index is -4.62. The van der Waals surface area contributed by atoms with Crippen LogP contribution in [0.2, 0.25) is 0 Å². The van der Waals surface area contributed by atoms with Gasteiger partial charge in [0.1, 0.15) is 5.03 Å². The summed E-state index contributed by atoms with van der Waals surface area (Å²) in [5.74, 6) is -1.29. The second kappa shape index (κ2) is 6.09. The van der Waals surface area contributed by atoms with Gasteiger partial charge in [0.2, 0.25) is 5.13 Å². The Kier molecular flexibility index (Phi) is 4.02. The van der Waals surface area contributed by atoms with E-state index in [2.05, 4.69) is 30.2 Å². The molecule has 0 unspecified atom stereocenters. The molecule has 3 aromatic heterocycles. The molecule has 1 aliphatic rings.